The summed E-state index contributed by atoms with van der Waals surface area (Å²) in [6.45, 7) is 2.92. The van der Waals surface area contributed by atoms with E-state index in [1.807, 2.05) is 0 Å². The van der Waals surface area contributed by atoms with Crippen LogP contribution in [0.4, 0.5) is 4.39 Å². The van der Waals surface area contributed by atoms with Crippen LogP contribution in [0.15, 0.2) is 23.2 Å². The van der Waals surface area contributed by atoms with Gasteiger partial charge in [-0.05, 0) is 18.6 Å². The predicted octanol–water partition coefficient (Wildman–Crippen LogP) is 1.91. The van der Waals surface area contributed by atoms with Crippen LogP contribution in [0, 0.1) is 12.7 Å². The summed E-state index contributed by atoms with van der Waals surface area (Å²) in [5.41, 5.74) is 1.09. The van der Waals surface area contributed by atoms with Gasteiger partial charge in [-0.2, -0.15) is 0 Å². The molecule has 0 N–H and O–H groups in total. The highest BCUT2D eigenvalue weighted by Gasteiger charge is 2.15. The van der Waals surface area contributed by atoms with E-state index in [-0.39, 0.29) is 5.82 Å². The molecule has 0 amide bonds. The van der Waals surface area contributed by atoms with Gasteiger partial charge in [-0.15, -0.1) is 0 Å². The highest BCUT2D eigenvalue weighted by atomic mass is 19.1. The number of aliphatic imine (C=N–C) groups is 1. The lowest BCUT2D eigenvalue weighted by Gasteiger charge is -2.04. The Bertz CT molecular complexity index is 360. The van der Waals surface area contributed by atoms with Crippen molar-refractivity contribution in [2.75, 3.05) is 13.2 Å². The lowest BCUT2D eigenvalue weighted by atomic mass is 10.1. The maximum absolute atomic E-state index is 13.5. The van der Waals surface area contributed by atoms with E-state index in [1.165, 1.54) is 0 Å². The van der Waals surface area contributed by atoms with Gasteiger partial charge in [0.05, 0.1) is 12.1 Å². The highest BCUT2D eigenvalue weighted by Crippen LogP contribution is 2.15. The van der Waals surface area contributed by atoms with Crippen LogP contribution in [0.3, 0.4) is 0 Å². The van der Waals surface area contributed by atoms with Crippen molar-refractivity contribution in [2.24, 2.45) is 4.99 Å². The molecule has 68 valence electrons. The van der Waals surface area contributed by atoms with Crippen molar-refractivity contribution in [3.8, 4) is 0 Å². The van der Waals surface area contributed by atoms with Gasteiger partial charge in [-0.3, -0.25) is 0 Å². The average Bonchev–Trinajstić information content (AvgIpc) is 2.62. The van der Waals surface area contributed by atoms with Gasteiger partial charge < -0.3 is 4.74 Å². The molecule has 0 saturated heterocycles. The number of nitrogens with zero attached hydrogens (tertiary/aromatic N) is 1. The molecule has 2 rings (SSSR count). The fourth-order valence-electron chi connectivity index (χ4n) is 1.31. The zero-order valence-corrected chi connectivity index (χ0v) is 7.38. The fourth-order valence-corrected chi connectivity index (χ4v) is 1.31. The molecule has 0 fully saturated rings. The molecular formula is C10H10FNO. The molecule has 0 aliphatic carbocycles. The molecule has 0 aromatic heterocycles. The Morgan fingerprint density at radius 2 is 2.31 bits per heavy atom. The van der Waals surface area contributed by atoms with Crippen LogP contribution in [0.5, 0.6) is 0 Å². The van der Waals surface area contributed by atoms with Crippen LogP contribution in [0.1, 0.15) is 11.1 Å². The van der Waals surface area contributed by atoms with E-state index in [1.54, 1.807) is 25.1 Å². The van der Waals surface area contributed by atoms with Gasteiger partial charge in [0.1, 0.15) is 12.4 Å². The Hall–Kier alpha value is -1.38. The molecule has 0 spiro atoms. The number of halogens is 1. The zero-order valence-electron chi connectivity index (χ0n) is 7.38. The van der Waals surface area contributed by atoms with E-state index in [9.17, 15) is 4.39 Å². The second-order valence-corrected chi connectivity index (χ2v) is 2.97. The molecule has 0 radical (unpaired) electrons. The van der Waals surface area contributed by atoms with Crippen LogP contribution >= 0.6 is 0 Å². The van der Waals surface area contributed by atoms with Crippen molar-refractivity contribution in [3.05, 3.63) is 35.1 Å². The lowest BCUT2D eigenvalue weighted by molar-refractivity contribution is 0.347. The van der Waals surface area contributed by atoms with Crippen molar-refractivity contribution in [1.82, 2.24) is 0 Å². The molecule has 3 heteroatoms. The minimum atomic E-state index is -0.233. The summed E-state index contributed by atoms with van der Waals surface area (Å²) in [6.07, 6.45) is 0. The quantitative estimate of drug-likeness (QED) is 0.645. The summed E-state index contributed by atoms with van der Waals surface area (Å²) in [5.74, 6) is 0.198. The van der Waals surface area contributed by atoms with Crippen molar-refractivity contribution < 1.29 is 9.13 Å². The third-order valence-corrected chi connectivity index (χ3v) is 2.01. The topological polar surface area (TPSA) is 21.6 Å². The molecule has 0 saturated carbocycles. The molecule has 0 bridgehead atoms. The molecule has 1 aromatic rings. The Morgan fingerprint density at radius 1 is 1.46 bits per heavy atom. The van der Waals surface area contributed by atoms with E-state index < -0.39 is 0 Å². The molecule has 1 aliphatic rings. The fraction of sp³-hybridized carbons (Fsp3) is 0.300. The maximum atomic E-state index is 13.5. The normalized spacial score (nSPS) is 15.4. The Labute approximate surface area is 76.1 Å². The molecule has 1 aliphatic heterocycles. The smallest absolute Gasteiger partial charge is 0.219 e. The van der Waals surface area contributed by atoms with Crippen LogP contribution < -0.4 is 0 Å². The van der Waals surface area contributed by atoms with Crippen molar-refractivity contribution in [1.29, 1.82) is 0 Å². The summed E-state index contributed by atoms with van der Waals surface area (Å²) in [5, 5.41) is 0. The second-order valence-electron chi connectivity index (χ2n) is 2.97. The van der Waals surface area contributed by atoms with E-state index >= 15 is 0 Å². The van der Waals surface area contributed by atoms with Gasteiger partial charge in [0.25, 0.3) is 0 Å². The monoisotopic (exact) mass is 179 g/mol. The van der Waals surface area contributed by atoms with Gasteiger partial charge in [-0.25, -0.2) is 9.38 Å². The summed E-state index contributed by atoms with van der Waals surface area (Å²) in [4.78, 5) is 4.06. The Balaban J connectivity index is 2.45. The van der Waals surface area contributed by atoms with E-state index in [0.717, 1.165) is 0 Å². The minimum Gasteiger partial charge on any atom is -0.475 e. The Morgan fingerprint density at radius 3 is 3.00 bits per heavy atom. The van der Waals surface area contributed by atoms with Gasteiger partial charge >= 0.3 is 0 Å². The number of hydrogen-bond donors (Lipinski definition) is 0. The van der Waals surface area contributed by atoms with Crippen LogP contribution in [-0.2, 0) is 4.74 Å². The van der Waals surface area contributed by atoms with Gasteiger partial charge in [0, 0.05) is 0 Å². The maximum Gasteiger partial charge on any atom is 0.219 e. The molecular weight excluding hydrogens is 169 g/mol. The van der Waals surface area contributed by atoms with Gasteiger partial charge in [0.2, 0.25) is 5.90 Å². The first kappa shape index (κ1) is 8.23. The van der Waals surface area contributed by atoms with Crippen LogP contribution in [-0.4, -0.2) is 19.0 Å². The number of hydrogen-bond acceptors (Lipinski definition) is 2. The first-order valence-corrected chi connectivity index (χ1v) is 4.22. The lowest BCUT2D eigenvalue weighted by Crippen LogP contribution is -2.04. The van der Waals surface area contributed by atoms with Crippen molar-refractivity contribution >= 4 is 5.90 Å². The van der Waals surface area contributed by atoms with Gasteiger partial charge in [0.15, 0.2) is 0 Å². The third kappa shape index (κ3) is 1.41. The molecule has 2 nitrogen and oxygen atoms in total. The summed E-state index contributed by atoms with van der Waals surface area (Å²) in [7, 11) is 0. The molecule has 1 heterocycles. The SMILES string of the molecule is Cc1cccc(C2=NCCO2)c1F. The molecule has 0 unspecified atom stereocenters. The van der Waals surface area contributed by atoms with E-state index in [4.69, 9.17) is 4.74 Å². The zero-order chi connectivity index (χ0) is 9.26. The standard InChI is InChI=1S/C10H10FNO/c1-7-3-2-4-8(9(7)11)10-12-5-6-13-10/h2-4H,5-6H2,1H3. The summed E-state index contributed by atoms with van der Waals surface area (Å²) in [6, 6.07) is 5.22. The first-order valence-electron chi connectivity index (χ1n) is 4.22. The average molecular weight is 179 g/mol. The number of aryl methyl sites for hydroxylation is 1. The highest BCUT2D eigenvalue weighted by molar-refractivity contribution is 5.95. The first-order chi connectivity index (χ1) is 6.29. The van der Waals surface area contributed by atoms with Crippen LogP contribution in [0.25, 0.3) is 0 Å². The molecule has 13 heavy (non-hydrogen) atoms. The largest absolute Gasteiger partial charge is 0.475 e. The summed E-state index contributed by atoms with van der Waals surface area (Å²) >= 11 is 0. The van der Waals surface area contributed by atoms with Gasteiger partial charge in [-0.1, -0.05) is 12.1 Å². The molecule has 1 aromatic carbocycles. The van der Waals surface area contributed by atoms with E-state index in [0.29, 0.717) is 30.2 Å². The Kier molecular flexibility index (Phi) is 2.00. The summed E-state index contributed by atoms with van der Waals surface area (Å²) < 4.78 is 18.7. The number of rotatable bonds is 1. The van der Waals surface area contributed by atoms with Crippen molar-refractivity contribution in [3.63, 3.8) is 0 Å². The minimum absolute atomic E-state index is 0.233. The predicted molar refractivity (Wildman–Crippen MR) is 48.5 cm³/mol. The number of benzene rings is 1. The molecule has 0 atom stereocenters. The van der Waals surface area contributed by atoms with Crippen LogP contribution in [0.2, 0.25) is 0 Å². The second kappa shape index (κ2) is 3.17. The van der Waals surface area contributed by atoms with E-state index in [2.05, 4.69) is 4.99 Å². The van der Waals surface area contributed by atoms with Crippen molar-refractivity contribution in [2.45, 2.75) is 6.92 Å². The third-order valence-electron chi connectivity index (χ3n) is 2.01. The number of ether oxygens (including phenoxy) is 1.